The molecule has 0 amide bonds. The third kappa shape index (κ3) is 6.35. The van der Waals surface area contributed by atoms with Gasteiger partial charge in [-0.05, 0) is 55.5 Å². The molecule has 0 spiro atoms. The Morgan fingerprint density at radius 1 is 1.13 bits per heavy atom. The van der Waals surface area contributed by atoms with Crippen LogP contribution in [0.1, 0.15) is 42.9 Å². The number of nitrogens with two attached hydrogens (primary N) is 1. The van der Waals surface area contributed by atoms with Gasteiger partial charge in [0.15, 0.2) is 0 Å². The third-order valence-corrected chi connectivity index (χ3v) is 5.30. The molecule has 1 saturated carbocycles. The number of aliphatic hydroxyl groups excluding tert-OH is 1. The van der Waals surface area contributed by atoms with E-state index in [0.29, 0.717) is 23.7 Å². The molecule has 0 bridgehead atoms. The van der Waals surface area contributed by atoms with Crippen molar-refractivity contribution >= 4 is 5.84 Å². The molecule has 2 aromatic rings. The topological polar surface area (TPSA) is 98.3 Å². The second kappa shape index (κ2) is 11.0. The second-order valence-electron chi connectivity index (χ2n) is 7.77. The van der Waals surface area contributed by atoms with Crippen molar-refractivity contribution in [3.8, 4) is 17.2 Å². The van der Waals surface area contributed by atoms with Gasteiger partial charge in [0.1, 0.15) is 29.7 Å². The largest absolute Gasteiger partial charge is 0.497 e. The van der Waals surface area contributed by atoms with Crippen LogP contribution in [0.3, 0.4) is 0 Å². The molecular weight excluding hydrogens is 394 g/mol. The Kier molecular flexibility index (Phi) is 8.14. The number of hydrogen-bond donors (Lipinski definition) is 3. The summed E-state index contributed by atoms with van der Waals surface area (Å²) in [6, 6.07) is 13.3. The van der Waals surface area contributed by atoms with Crippen molar-refractivity contribution < 1.29 is 19.3 Å². The molecule has 168 valence electrons. The monoisotopic (exact) mass is 427 g/mol. The van der Waals surface area contributed by atoms with E-state index in [4.69, 9.17) is 19.9 Å². The number of aliphatic imine (C=N–C) groups is 1. The lowest BCUT2D eigenvalue weighted by atomic mass is 10.0. The molecular formula is C24H33N3O4. The number of hydrogen-bond acceptors (Lipinski definition) is 7. The van der Waals surface area contributed by atoms with E-state index in [-0.39, 0.29) is 6.04 Å². The zero-order valence-electron chi connectivity index (χ0n) is 18.5. The number of ether oxygens (including phenoxy) is 3. The van der Waals surface area contributed by atoms with Crippen LogP contribution in [0, 0.1) is 0 Å². The summed E-state index contributed by atoms with van der Waals surface area (Å²) < 4.78 is 16.1. The van der Waals surface area contributed by atoms with Crippen LogP contribution in [0.2, 0.25) is 0 Å². The lowest BCUT2D eigenvalue weighted by Crippen LogP contribution is -2.25. The lowest BCUT2D eigenvalue weighted by Gasteiger charge is -2.18. The van der Waals surface area contributed by atoms with E-state index in [2.05, 4.69) is 28.5 Å². The van der Waals surface area contributed by atoms with Crippen LogP contribution >= 0.6 is 0 Å². The minimum atomic E-state index is -0.755. The van der Waals surface area contributed by atoms with Gasteiger partial charge in [-0.25, -0.2) is 0 Å². The number of amidine groups is 1. The van der Waals surface area contributed by atoms with Crippen molar-refractivity contribution in [1.29, 1.82) is 0 Å². The summed E-state index contributed by atoms with van der Waals surface area (Å²) in [5.41, 5.74) is 7.64. The average Bonchev–Trinajstić information content (AvgIpc) is 3.52. The fourth-order valence-electron chi connectivity index (χ4n) is 3.39. The van der Waals surface area contributed by atoms with E-state index < -0.39 is 6.10 Å². The molecule has 2 atom stereocenters. The van der Waals surface area contributed by atoms with Gasteiger partial charge in [0.2, 0.25) is 0 Å². The molecule has 2 aliphatic rings. The summed E-state index contributed by atoms with van der Waals surface area (Å²) in [7, 11) is 3.13. The van der Waals surface area contributed by atoms with Crippen molar-refractivity contribution in [2.24, 2.45) is 10.7 Å². The summed E-state index contributed by atoms with van der Waals surface area (Å²) >= 11 is 0. The Morgan fingerprint density at radius 2 is 1.90 bits per heavy atom. The molecule has 31 heavy (non-hydrogen) atoms. The molecule has 1 aliphatic carbocycles. The summed E-state index contributed by atoms with van der Waals surface area (Å²) in [6.07, 6.45) is 1.86. The number of nitrogens with zero attached hydrogens (tertiary/aromatic N) is 1. The number of aliphatic hydroxyl groups is 1. The highest BCUT2D eigenvalue weighted by molar-refractivity contribution is 5.85. The first-order chi connectivity index (χ1) is 15.0. The number of methoxy groups -OCH3 is 2. The first kappa shape index (κ1) is 22.9. The van der Waals surface area contributed by atoms with Crippen LogP contribution in [-0.4, -0.2) is 50.9 Å². The Bertz CT molecular complexity index is 881. The molecule has 4 rings (SSSR count). The fraction of sp³-hybridized carbons (Fsp3) is 0.458. The van der Waals surface area contributed by atoms with Crippen LogP contribution < -0.4 is 25.3 Å². The average molecular weight is 428 g/mol. The standard InChI is InChI=1S/C13H16N2O.C11H17NO3/c1-2-4-12(11(3-1)10-5-6-10)16-9-13-14-7-8-15-13;1-7(12)11(13)9-6-8(14-2)4-5-10(9)15-3/h1-4,10H,5-9H2,(H,14,15);4-7,11,13H,12H2,1-3H3. The zero-order valence-corrected chi connectivity index (χ0v) is 18.5. The first-order valence-electron chi connectivity index (χ1n) is 10.7. The minimum Gasteiger partial charge on any atom is -0.497 e. The molecule has 1 aliphatic heterocycles. The van der Waals surface area contributed by atoms with E-state index in [9.17, 15) is 5.11 Å². The molecule has 0 aromatic heterocycles. The molecule has 1 fully saturated rings. The van der Waals surface area contributed by atoms with E-state index in [1.54, 1.807) is 39.3 Å². The highest BCUT2D eigenvalue weighted by Gasteiger charge is 2.26. The van der Waals surface area contributed by atoms with Gasteiger partial charge in [-0.2, -0.15) is 0 Å². The van der Waals surface area contributed by atoms with Gasteiger partial charge in [-0.1, -0.05) is 18.2 Å². The molecule has 4 N–H and O–H groups in total. The lowest BCUT2D eigenvalue weighted by molar-refractivity contribution is 0.149. The summed E-state index contributed by atoms with van der Waals surface area (Å²) in [6.45, 7) is 4.14. The number of benzene rings is 2. The third-order valence-electron chi connectivity index (χ3n) is 5.30. The van der Waals surface area contributed by atoms with Crippen molar-refractivity contribution in [2.75, 3.05) is 33.9 Å². The highest BCUT2D eigenvalue weighted by atomic mass is 16.5. The summed E-state index contributed by atoms with van der Waals surface area (Å²) in [5, 5.41) is 13.1. The predicted octanol–water partition coefficient (Wildman–Crippen LogP) is 3.03. The second-order valence-corrected chi connectivity index (χ2v) is 7.77. The van der Waals surface area contributed by atoms with Crippen LogP contribution in [-0.2, 0) is 0 Å². The van der Waals surface area contributed by atoms with Crippen molar-refractivity contribution in [3.63, 3.8) is 0 Å². The summed E-state index contributed by atoms with van der Waals surface area (Å²) in [5.74, 6) is 4.02. The Balaban J connectivity index is 0.000000176. The maximum Gasteiger partial charge on any atom is 0.145 e. The Labute approximate surface area is 184 Å². The summed E-state index contributed by atoms with van der Waals surface area (Å²) in [4.78, 5) is 4.32. The van der Waals surface area contributed by atoms with Gasteiger partial charge in [-0.3, -0.25) is 4.99 Å². The maximum absolute atomic E-state index is 9.87. The van der Waals surface area contributed by atoms with E-state index in [1.165, 1.54) is 18.4 Å². The fourth-order valence-corrected chi connectivity index (χ4v) is 3.39. The molecule has 2 aromatic carbocycles. The molecule has 2 unspecified atom stereocenters. The van der Waals surface area contributed by atoms with Gasteiger partial charge in [-0.15, -0.1) is 0 Å². The normalized spacial score (nSPS) is 16.9. The number of nitrogens with one attached hydrogen (secondary N) is 1. The van der Waals surface area contributed by atoms with Gasteiger partial charge in [0.05, 0.1) is 26.9 Å². The first-order valence-corrected chi connectivity index (χ1v) is 10.7. The van der Waals surface area contributed by atoms with E-state index in [0.717, 1.165) is 30.6 Å². The van der Waals surface area contributed by atoms with E-state index >= 15 is 0 Å². The van der Waals surface area contributed by atoms with Gasteiger partial charge >= 0.3 is 0 Å². The molecule has 7 heteroatoms. The highest BCUT2D eigenvalue weighted by Crippen LogP contribution is 2.44. The molecule has 0 saturated heterocycles. The van der Waals surface area contributed by atoms with Gasteiger partial charge < -0.3 is 30.4 Å². The van der Waals surface area contributed by atoms with Crippen molar-refractivity contribution in [1.82, 2.24) is 5.32 Å². The van der Waals surface area contributed by atoms with Crippen LogP contribution in [0.5, 0.6) is 17.2 Å². The van der Waals surface area contributed by atoms with Gasteiger partial charge in [0.25, 0.3) is 0 Å². The van der Waals surface area contributed by atoms with Gasteiger partial charge in [0, 0.05) is 18.2 Å². The Morgan fingerprint density at radius 3 is 2.52 bits per heavy atom. The number of rotatable bonds is 8. The van der Waals surface area contributed by atoms with Crippen LogP contribution in [0.25, 0.3) is 0 Å². The molecule has 1 heterocycles. The molecule has 0 radical (unpaired) electrons. The van der Waals surface area contributed by atoms with Crippen LogP contribution in [0.4, 0.5) is 0 Å². The Hall–Kier alpha value is -2.77. The van der Waals surface area contributed by atoms with Crippen molar-refractivity contribution in [2.45, 2.75) is 37.8 Å². The predicted molar refractivity (Wildman–Crippen MR) is 122 cm³/mol. The van der Waals surface area contributed by atoms with Crippen LogP contribution in [0.15, 0.2) is 47.5 Å². The smallest absolute Gasteiger partial charge is 0.145 e. The van der Waals surface area contributed by atoms with E-state index in [1.807, 2.05) is 6.07 Å². The SMILES string of the molecule is COc1ccc(OC)c(C(O)C(C)N)c1.c1ccc(C2CC2)c(OCC2=NCCN2)c1. The minimum absolute atomic E-state index is 0.356. The molecule has 7 nitrogen and oxygen atoms in total. The van der Waals surface area contributed by atoms with Crippen molar-refractivity contribution in [3.05, 3.63) is 53.6 Å². The number of para-hydroxylation sites is 1. The maximum atomic E-state index is 9.87. The zero-order chi connectivity index (χ0) is 22.2. The quantitative estimate of drug-likeness (QED) is 0.599.